The van der Waals surface area contributed by atoms with Crippen molar-refractivity contribution < 1.29 is 27.7 Å². The largest absolute Gasteiger partial charge is 0.452 e. The first-order chi connectivity index (χ1) is 14.8. The summed E-state index contributed by atoms with van der Waals surface area (Å²) in [5.74, 6) is -1.19. The van der Waals surface area contributed by atoms with Crippen LogP contribution in [0.3, 0.4) is 0 Å². The molecule has 2 fully saturated rings. The second-order valence-electron chi connectivity index (χ2n) is 7.91. The number of hydrogen-bond donors (Lipinski definition) is 0. The van der Waals surface area contributed by atoms with Gasteiger partial charge in [-0.3, -0.25) is 14.9 Å². The van der Waals surface area contributed by atoms with Gasteiger partial charge < -0.3 is 9.64 Å². The van der Waals surface area contributed by atoms with Crippen LogP contribution < -0.4 is 0 Å². The fourth-order valence-corrected chi connectivity index (χ4v) is 5.98. The molecular formula is C21H26N2O7S. The van der Waals surface area contributed by atoms with Crippen LogP contribution in [0.4, 0.5) is 5.69 Å². The lowest BCUT2D eigenvalue weighted by molar-refractivity contribution is -0.385. The molecule has 3 rings (SSSR count). The highest BCUT2D eigenvalue weighted by Gasteiger charge is 2.38. The van der Waals surface area contributed by atoms with Crippen LogP contribution in [0.25, 0.3) is 6.08 Å². The molecule has 1 amide bonds. The first-order valence-corrected chi connectivity index (χ1v) is 12.2. The van der Waals surface area contributed by atoms with Crippen LogP contribution in [0.1, 0.15) is 44.1 Å². The smallest absolute Gasteiger partial charge is 0.331 e. The molecule has 1 aromatic rings. The van der Waals surface area contributed by atoms with Crippen LogP contribution in [0, 0.1) is 10.1 Å². The summed E-state index contributed by atoms with van der Waals surface area (Å²) in [7, 11) is -3.16. The van der Waals surface area contributed by atoms with Crippen molar-refractivity contribution in [2.75, 3.05) is 18.1 Å². The SMILES string of the molecule is O=C(/C=C/c1ccccc1[N+](=O)[O-])OCC(=O)N(C1CCCCC1)C1CCS(=O)(=O)C1. The van der Waals surface area contributed by atoms with E-state index in [0.717, 1.165) is 38.2 Å². The topological polar surface area (TPSA) is 124 Å². The average Bonchev–Trinajstić information content (AvgIpc) is 3.11. The van der Waals surface area contributed by atoms with Crippen LogP contribution in [0.2, 0.25) is 0 Å². The molecule has 1 aliphatic carbocycles. The number of rotatable bonds is 7. The van der Waals surface area contributed by atoms with Crippen LogP contribution in [0.5, 0.6) is 0 Å². The highest BCUT2D eigenvalue weighted by atomic mass is 32.2. The van der Waals surface area contributed by atoms with Crippen molar-refractivity contribution in [1.82, 2.24) is 4.90 Å². The van der Waals surface area contributed by atoms with Crippen molar-refractivity contribution in [3.05, 3.63) is 46.0 Å². The average molecular weight is 451 g/mol. The third kappa shape index (κ3) is 6.13. The van der Waals surface area contributed by atoms with Gasteiger partial charge in [0.15, 0.2) is 16.4 Å². The van der Waals surface area contributed by atoms with Gasteiger partial charge in [-0.05, 0) is 31.4 Å². The molecule has 0 N–H and O–H groups in total. The zero-order chi connectivity index (χ0) is 22.4. The van der Waals surface area contributed by atoms with Crippen LogP contribution in [-0.4, -0.2) is 60.3 Å². The van der Waals surface area contributed by atoms with Crippen LogP contribution in [0.15, 0.2) is 30.3 Å². The molecule has 1 atom stereocenters. The molecule has 1 heterocycles. The van der Waals surface area contributed by atoms with E-state index in [1.54, 1.807) is 11.0 Å². The Kier molecular flexibility index (Phi) is 7.42. The summed E-state index contributed by atoms with van der Waals surface area (Å²) in [4.78, 5) is 37.1. The second-order valence-corrected chi connectivity index (χ2v) is 10.1. The van der Waals surface area contributed by atoms with Gasteiger partial charge in [0.05, 0.1) is 22.0 Å². The van der Waals surface area contributed by atoms with Gasteiger partial charge in [-0.1, -0.05) is 31.4 Å². The summed E-state index contributed by atoms with van der Waals surface area (Å²) in [6.45, 7) is -0.493. The van der Waals surface area contributed by atoms with Crippen molar-refractivity contribution >= 4 is 33.5 Å². The first kappa shape index (κ1) is 22.9. The fraction of sp³-hybridized carbons (Fsp3) is 0.524. The zero-order valence-corrected chi connectivity index (χ0v) is 18.0. The summed E-state index contributed by atoms with van der Waals surface area (Å²) in [6, 6.07) is 5.53. The third-order valence-corrected chi connectivity index (χ3v) is 7.48. The number of amides is 1. The highest BCUT2D eigenvalue weighted by molar-refractivity contribution is 7.91. The molecule has 10 heteroatoms. The number of ether oxygens (including phenoxy) is 1. The fourth-order valence-electron chi connectivity index (χ4n) is 4.27. The Morgan fingerprint density at radius 1 is 1.13 bits per heavy atom. The number of nitrogens with zero attached hydrogens (tertiary/aromatic N) is 2. The van der Waals surface area contributed by atoms with Gasteiger partial charge in [-0.25, -0.2) is 13.2 Å². The first-order valence-electron chi connectivity index (χ1n) is 10.4. The van der Waals surface area contributed by atoms with Gasteiger partial charge in [0, 0.05) is 24.2 Å². The molecule has 31 heavy (non-hydrogen) atoms. The predicted octanol–water partition coefficient (Wildman–Crippen LogP) is 2.50. The maximum Gasteiger partial charge on any atom is 0.331 e. The molecule has 168 valence electrons. The molecule has 1 saturated carbocycles. The zero-order valence-electron chi connectivity index (χ0n) is 17.1. The van der Waals surface area contributed by atoms with Crippen molar-refractivity contribution in [2.24, 2.45) is 0 Å². The third-order valence-electron chi connectivity index (χ3n) is 5.73. The lowest BCUT2D eigenvalue weighted by atomic mass is 9.93. The Morgan fingerprint density at radius 3 is 2.48 bits per heavy atom. The Hall–Kier alpha value is -2.75. The van der Waals surface area contributed by atoms with E-state index < -0.39 is 33.2 Å². The normalized spacial score (nSPS) is 21.1. The van der Waals surface area contributed by atoms with Gasteiger partial charge in [0.25, 0.3) is 11.6 Å². The summed E-state index contributed by atoms with van der Waals surface area (Å²) in [5, 5.41) is 11.0. The van der Waals surface area contributed by atoms with E-state index in [0.29, 0.717) is 6.42 Å². The van der Waals surface area contributed by atoms with Gasteiger partial charge in [0.1, 0.15) is 0 Å². The molecule has 0 spiro atoms. The number of esters is 1. The minimum Gasteiger partial charge on any atom is -0.452 e. The van der Waals surface area contributed by atoms with Crippen molar-refractivity contribution in [2.45, 2.75) is 50.6 Å². The Balaban J connectivity index is 1.63. The minimum absolute atomic E-state index is 0.0410. The van der Waals surface area contributed by atoms with E-state index in [1.165, 1.54) is 24.3 Å². The molecule has 0 bridgehead atoms. The van der Waals surface area contributed by atoms with E-state index >= 15 is 0 Å². The number of nitro benzene ring substituents is 1. The van der Waals surface area contributed by atoms with Gasteiger partial charge >= 0.3 is 5.97 Å². The lowest BCUT2D eigenvalue weighted by Gasteiger charge is -2.38. The summed E-state index contributed by atoms with van der Waals surface area (Å²) >= 11 is 0. The monoisotopic (exact) mass is 450 g/mol. The Labute approximate surface area is 181 Å². The van der Waals surface area contributed by atoms with Gasteiger partial charge in [-0.2, -0.15) is 0 Å². The number of nitro groups is 1. The molecule has 2 aliphatic rings. The minimum atomic E-state index is -3.16. The van der Waals surface area contributed by atoms with E-state index in [-0.39, 0.29) is 34.8 Å². The van der Waals surface area contributed by atoms with E-state index in [2.05, 4.69) is 0 Å². The molecule has 1 aliphatic heterocycles. The number of carbonyl (C=O) groups excluding carboxylic acids is 2. The quantitative estimate of drug-likeness (QED) is 0.270. The summed E-state index contributed by atoms with van der Waals surface area (Å²) in [6.07, 6.45) is 7.39. The van der Waals surface area contributed by atoms with Crippen molar-refractivity contribution in [1.29, 1.82) is 0 Å². The number of carbonyl (C=O) groups is 2. The van der Waals surface area contributed by atoms with Crippen molar-refractivity contribution in [3.63, 3.8) is 0 Å². The Morgan fingerprint density at radius 2 is 1.84 bits per heavy atom. The molecule has 1 aromatic carbocycles. The lowest BCUT2D eigenvalue weighted by Crippen LogP contribution is -2.50. The van der Waals surface area contributed by atoms with Gasteiger partial charge in [-0.15, -0.1) is 0 Å². The predicted molar refractivity (Wildman–Crippen MR) is 114 cm³/mol. The second kappa shape index (κ2) is 10.0. The summed E-state index contributed by atoms with van der Waals surface area (Å²) in [5.41, 5.74) is 0.101. The number of sulfone groups is 1. The van der Waals surface area contributed by atoms with Crippen molar-refractivity contribution in [3.8, 4) is 0 Å². The Bertz CT molecular complexity index is 968. The van der Waals surface area contributed by atoms with E-state index in [1.807, 2.05) is 0 Å². The number of benzene rings is 1. The summed E-state index contributed by atoms with van der Waals surface area (Å²) < 4.78 is 28.9. The molecular weight excluding hydrogens is 424 g/mol. The standard InChI is InChI=1S/C21H26N2O7S/c24-20(14-30-21(25)11-10-16-6-4-5-9-19(16)23(26)27)22(17-7-2-1-3-8-17)18-12-13-31(28,29)15-18/h4-6,9-11,17-18H,1-3,7-8,12-15H2/b11-10+. The maximum atomic E-state index is 12.9. The number of para-hydroxylation sites is 1. The maximum absolute atomic E-state index is 12.9. The van der Waals surface area contributed by atoms with Crippen LogP contribution >= 0.6 is 0 Å². The molecule has 0 radical (unpaired) electrons. The molecule has 1 saturated heterocycles. The molecule has 0 aromatic heterocycles. The number of hydrogen-bond acceptors (Lipinski definition) is 7. The highest BCUT2D eigenvalue weighted by Crippen LogP contribution is 2.28. The molecule has 9 nitrogen and oxygen atoms in total. The van der Waals surface area contributed by atoms with Crippen LogP contribution in [-0.2, 0) is 24.2 Å². The van der Waals surface area contributed by atoms with Gasteiger partial charge in [0.2, 0.25) is 0 Å². The molecule has 1 unspecified atom stereocenters. The van der Waals surface area contributed by atoms with E-state index in [9.17, 15) is 28.1 Å². The van der Waals surface area contributed by atoms with E-state index in [4.69, 9.17) is 4.74 Å².